The number of hydrogen-bond acceptors (Lipinski definition) is 4. The molecule has 0 atom stereocenters. The molecule has 0 radical (unpaired) electrons. The molecule has 5 nitrogen and oxygen atoms in total. The van der Waals surface area contributed by atoms with Crippen molar-refractivity contribution in [2.45, 2.75) is 20.1 Å². The van der Waals surface area contributed by atoms with Crippen molar-refractivity contribution in [2.75, 3.05) is 7.11 Å². The molecule has 20 heavy (non-hydrogen) atoms. The molecule has 6 heteroatoms. The zero-order valence-corrected chi connectivity index (χ0v) is 13.3. The van der Waals surface area contributed by atoms with E-state index in [0.717, 1.165) is 15.9 Å². The zero-order valence-electron chi connectivity index (χ0n) is 11.7. The van der Waals surface area contributed by atoms with Gasteiger partial charge in [-0.2, -0.15) is 5.10 Å². The van der Waals surface area contributed by atoms with Crippen molar-refractivity contribution in [3.63, 3.8) is 0 Å². The maximum atomic E-state index is 9.39. The van der Waals surface area contributed by atoms with Gasteiger partial charge in [-0.15, -0.1) is 0 Å². The Morgan fingerprint density at radius 1 is 1.40 bits per heavy atom. The van der Waals surface area contributed by atoms with Crippen molar-refractivity contribution >= 4 is 15.9 Å². The molecule has 0 amide bonds. The van der Waals surface area contributed by atoms with E-state index >= 15 is 0 Å². The van der Waals surface area contributed by atoms with Crippen LogP contribution in [0, 0.1) is 6.92 Å². The maximum Gasteiger partial charge on any atom is 0.167 e. The first kappa shape index (κ1) is 14.9. The maximum absolute atomic E-state index is 9.39. The molecule has 0 spiro atoms. The van der Waals surface area contributed by atoms with Crippen molar-refractivity contribution in [3.05, 3.63) is 39.6 Å². The van der Waals surface area contributed by atoms with Crippen molar-refractivity contribution in [3.8, 4) is 11.5 Å². The molecule has 0 aliphatic heterocycles. The predicted octanol–water partition coefficient (Wildman–Crippen LogP) is 2.57. The number of benzene rings is 1. The third kappa shape index (κ3) is 2.81. The van der Waals surface area contributed by atoms with E-state index in [2.05, 4.69) is 21.0 Å². The Hall–Kier alpha value is -1.53. The van der Waals surface area contributed by atoms with Gasteiger partial charge < -0.3 is 14.6 Å². The summed E-state index contributed by atoms with van der Waals surface area (Å²) in [4.78, 5) is 0. The number of halogens is 1. The Kier molecular flexibility index (Phi) is 4.67. The number of para-hydroxylation sites is 1. The molecule has 0 unspecified atom stereocenters. The highest BCUT2D eigenvalue weighted by molar-refractivity contribution is 9.10. The van der Waals surface area contributed by atoms with Crippen LogP contribution >= 0.6 is 15.9 Å². The van der Waals surface area contributed by atoms with Crippen LogP contribution in [0.4, 0.5) is 0 Å². The summed E-state index contributed by atoms with van der Waals surface area (Å²) in [7, 11) is 3.44. The Morgan fingerprint density at radius 2 is 2.15 bits per heavy atom. The van der Waals surface area contributed by atoms with Gasteiger partial charge in [-0.1, -0.05) is 12.1 Å². The molecular formula is C14H17BrN2O3. The molecular weight excluding hydrogens is 324 g/mol. The van der Waals surface area contributed by atoms with E-state index in [1.54, 1.807) is 23.9 Å². The molecule has 108 valence electrons. The quantitative estimate of drug-likeness (QED) is 0.908. The van der Waals surface area contributed by atoms with Gasteiger partial charge in [0.05, 0.1) is 29.6 Å². The van der Waals surface area contributed by atoms with Crippen LogP contribution in [-0.2, 0) is 20.3 Å². The standard InChI is InChI=1S/C14H17BrN2O3/c1-9-13(15)11(17(2)16-9)8-20-14-10(7-18)5-4-6-12(14)19-3/h4-6,18H,7-8H2,1-3H3. The summed E-state index contributed by atoms with van der Waals surface area (Å²) < 4.78 is 13.8. The number of hydrogen-bond donors (Lipinski definition) is 1. The predicted molar refractivity (Wildman–Crippen MR) is 78.9 cm³/mol. The Morgan fingerprint density at radius 3 is 2.70 bits per heavy atom. The first-order chi connectivity index (χ1) is 9.58. The summed E-state index contributed by atoms with van der Waals surface area (Å²) >= 11 is 3.50. The number of aliphatic hydroxyl groups is 1. The molecule has 0 bridgehead atoms. The topological polar surface area (TPSA) is 56.5 Å². The minimum Gasteiger partial charge on any atom is -0.493 e. The first-order valence-corrected chi connectivity index (χ1v) is 6.95. The van der Waals surface area contributed by atoms with Crippen molar-refractivity contribution in [2.24, 2.45) is 7.05 Å². The van der Waals surface area contributed by atoms with Gasteiger partial charge in [-0.25, -0.2) is 0 Å². The van der Waals surface area contributed by atoms with Crippen LogP contribution in [0.15, 0.2) is 22.7 Å². The van der Waals surface area contributed by atoms with Crippen LogP contribution < -0.4 is 9.47 Å². The summed E-state index contributed by atoms with van der Waals surface area (Å²) in [5.74, 6) is 1.16. The van der Waals surface area contributed by atoms with Crippen LogP contribution in [0.25, 0.3) is 0 Å². The fraction of sp³-hybridized carbons (Fsp3) is 0.357. The highest BCUT2D eigenvalue weighted by Gasteiger charge is 2.14. The first-order valence-electron chi connectivity index (χ1n) is 6.16. The molecule has 2 aromatic rings. The minimum atomic E-state index is -0.0991. The van der Waals surface area contributed by atoms with Gasteiger partial charge >= 0.3 is 0 Å². The number of nitrogens with zero attached hydrogens (tertiary/aromatic N) is 2. The Balaban J connectivity index is 2.26. The number of ether oxygens (including phenoxy) is 2. The number of methoxy groups -OCH3 is 1. The molecule has 0 aliphatic rings. The second-order valence-corrected chi connectivity index (χ2v) is 5.16. The second-order valence-electron chi connectivity index (χ2n) is 4.37. The van der Waals surface area contributed by atoms with E-state index in [9.17, 15) is 5.11 Å². The van der Waals surface area contributed by atoms with Crippen molar-refractivity contribution in [1.29, 1.82) is 0 Å². The SMILES string of the molecule is COc1cccc(CO)c1OCc1c(Br)c(C)nn1C. The highest BCUT2D eigenvalue weighted by Crippen LogP contribution is 2.32. The Labute approximate surface area is 126 Å². The van der Waals surface area contributed by atoms with Gasteiger partial charge in [-0.05, 0) is 28.9 Å². The Bertz CT molecular complexity index is 588. The fourth-order valence-corrected chi connectivity index (χ4v) is 2.44. The minimum absolute atomic E-state index is 0.0991. The van der Waals surface area contributed by atoms with Crippen LogP contribution in [-0.4, -0.2) is 22.0 Å². The number of aromatic nitrogens is 2. The van der Waals surface area contributed by atoms with E-state index in [-0.39, 0.29) is 6.61 Å². The van der Waals surface area contributed by atoms with E-state index in [1.807, 2.05) is 20.0 Å². The van der Waals surface area contributed by atoms with E-state index in [1.165, 1.54) is 0 Å². The van der Waals surface area contributed by atoms with Gasteiger partial charge in [0.25, 0.3) is 0 Å². The summed E-state index contributed by atoms with van der Waals surface area (Å²) in [6.45, 7) is 2.17. The van der Waals surface area contributed by atoms with Crippen molar-refractivity contribution in [1.82, 2.24) is 9.78 Å². The van der Waals surface area contributed by atoms with Gasteiger partial charge in [0.2, 0.25) is 0 Å². The lowest BCUT2D eigenvalue weighted by molar-refractivity contribution is 0.245. The van der Waals surface area contributed by atoms with Crippen LogP contribution in [0.5, 0.6) is 11.5 Å². The lowest BCUT2D eigenvalue weighted by atomic mass is 10.2. The lowest BCUT2D eigenvalue weighted by Crippen LogP contribution is -2.06. The summed E-state index contributed by atoms with van der Waals surface area (Å²) in [6, 6.07) is 5.43. The number of rotatable bonds is 5. The molecule has 1 N–H and O–H groups in total. The van der Waals surface area contributed by atoms with E-state index in [4.69, 9.17) is 9.47 Å². The summed E-state index contributed by atoms with van der Waals surface area (Å²) in [5, 5.41) is 13.7. The highest BCUT2D eigenvalue weighted by atomic mass is 79.9. The smallest absolute Gasteiger partial charge is 0.167 e. The normalized spacial score (nSPS) is 10.7. The van der Waals surface area contributed by atoms with Gasteiger partial charge in [0.1, 0.15) is 6.61 Å². The third-order valence-electron chi connectivity index (χ3n) is 3.07. The monoisotopic (exact) mass is 340 g/mol. The lowest BCUT2D eigenvalue weighted by Gasteiger charge is -2.14. The van der Waals surface area contributed by atoms with Gasteiger partial charge in [0.15, 0.2) is 11.5 Å². The van der Waals surface area contributed by atoms with Crippen LogP contribution in [0.3, 0.4) is 0 Å². The molecule has 1 aromatic carbocycles. The van der Waals surface area contributed by atoms with Gasteiger partial charge in [-0.3, -0.25) is 4.68 Å². The fourth-order valence-electron chi connectivity index (χ4n) is 1.99. The molecule has 1 aromatic heterocycles. The van der Waals surface area contributed by atoms with Crippen LogP contribution in [0.2, 0.25) is 0 Å². The molecule has 0 fully saturated rings. The number of aryl methyl sites for hydroxylation is 2. The average molecular weight is 341 g/mol. The molecule has 1 heterocycles. The average Bonchev–Trinajstić information content (AvgIpc) is 2.69. The van der Waals surface area contributed by atoms with Crippen molar-refractivity contribution < 1.29 is 14.6 Å². The summed E-state index contributed by atoms with van der Waals surface area (Å²) in [6.07, 6.45) is 0. The molecule has 0 aliphatic carbocycles. The largest absolute Gasteiger partial charge is 0.493 e. The summed E-state index contributed by atoms with van der Waals surface area (Å²) in [5.41, 5.74) is 2.53. The third-order valence-corrected chi connectivity index (χ3v) is 4.10. The van der Waals surface area contributed by atoms with Gasteiger partial charge in [0, 0.05) is 12.6 Å². The molecule has 0 saturated carbocycles. The molecule has 2 rings (SSSR count). The van der Waals surface area contributed by atoms with E-state index < -0.39 is 0 Å². The van der Waals surface area contributed by atoms with E-state index in [0.29, 0.717) is 23.7 Å². The number of aliphatic hydroxyl groups excluding tert-OH is 1. The second kappa shape index (κ2) is 6.28. The zero-order chi connectivity index (χ0) is 14.7. The van der Waals surface area contributed by atoms with Crippen LogP contribution in [0.1, 0.15) is 17.0 Å². The molecule has 0 saturated heterocycles.